The first-order valence-corrected chi connectivity index (χ1v) is 12.5. The molecule has 0 atom stereocenters. The summed E-state index contributed by atoms with van der Waals surface area (Å²) in [7, 11) is -2.32. The minimum Gasteiger partial charge on any atom is -0.495 e. The number of methoxy groups -OCH3 is 1. The van der Waals surface area contributed by atoms with Gasteiger partial charge in [-0.1, -0.05) is 18.5 Å². The molecular weight excluding hydrogens is 508 g/mol. The molecule has 0 fully saturated rings. The Morgan fingerprint density at radius 3 is 2.68 bits per heavy atom. The number of rotatable bonds is 7. The zero-order chi connectivity index (χ0) is 22.8. The van der Waals surface area contributed by atoms with Crippen molar-refractivity contribution in [2.45, 2.75) is 31.1 Å². The minimum atomic E-state index is -3.78. The number of amides is 2. The van der Waals surface area contributed by atoms with Crippen LogP contribution in [-0.2, 0) is 25.8 Å². The Morgan fingerprint density at radius 2 is 2.00 bits per heavy atom. The van der Waals surface area contributed by atoms with E-state index >= 15 is 0 Å². The van der Waals surface area contributed by atoms with E-state index < -0.39 is 15.7 Å². The molecule has 0 saturated carbocycles. The minimum absolute atomic E-state index is 0.0562. The number of halogens is 2. The summed E-state index contributed by atoms with van der Waals surface area (Å²) in [4.78, 5) is 26.2. The number of hydrogen-bond acceptors (Lipinski definition) is 5. The monoisotopic (exact) mass is 528 g/mol. The average Bonchev–Trinajstić information content (AvgIpc) is 3.14. The fourth-order valence-corrected chi connectivity index (χ4v) is 6.03. The van der Waals surface area contributed by atoms with Gasteiger partial charge in [0.1, 0.15) is 5.75 Å². The van der Waals surface area contributed by atoms with E-state index in [1.54, 1.807) is 30.0 Å². The molecule has 1 N–H and O–H groups in total. The number of nitrogens with one attached hydrogen (secondary N) is 1. The number of carbonyl (C=O) groups excluding carboxylic acids is 2. The van der Waals surface area contributed by atoms with Crippen LogP contribution in [0.5, 0.6) is 5.75 Å². The number of nitrogens with zero attached hydrogens (tertiary/aromatic N) is 1. The summed E-state index contributed by atoms with van der Waals surface area (Å²) >= 11 is 9.29. The van der Waals surface area contributed by atoms with Crippen LogP contribution in [0, 0.1) is 0 Å². The highest BCUT2D eigenvalue weighted by Crippen LogP contribution is 2.36. The van der Waals surface area contributed by atoms with Gasteiger partial charge in [-0.2, -0.15) is 0 Å². The summed E-state index contributed by atoms with van der Waals surface area (Å²) in [5, 5.41) is 3.05. The van der Waals surface area contributed by atoms with Crippen molar-refractivity contribution in [1.82, 2.24) is 0 Å². The lowest BCUT2D eigenvalue weighted by Crippen LogP contribution is -2.28. The van der Waals surface area contributed by atoms with Gasteiger partial charge < -0.3 is 15.0 Å². The quantitative estimate of drug-likeness (QED) is 0.580. The number of hydrogen-bond donors (Lipinski definition) is 1. The number of benzene rings is 2. The molecule has 0 bridgehead atoms. The van der Waals surface area contributed by atoms with E-state index in [2.05, 4.69) is 21.2 Å². The molecule has 31 heavy (non-hydrogen) atoms. The van der Waals surface area contributed by atoms with E-state index in [4.69, 9.17) is 16.3 Å². The Labute approximate surface area is 194 Å². The fourth-order valence-electron chi connectivity index (χ4n) is 3.40. The second kappa shape index (κ2) is 9.58. The summed E-state index contributed by atoms with van der Waals surface area (Å²) < 4.78 is 31.6. The van der Waals surface area contributed by atoms with Gasteiger partial charge in [0.25, 0.3) is 0 Å². The van der Waals surface area contributed by atoms with Crippen LogP contribution in [0.1, 0.15) is 25.3 Å². The van der Waals surface area contributed by atoms with E-state index in [9.17, 15) is 18.0 Å². The maximum atomic E-state index is 13.0. The highest BCUT2D eigenvalue weighted by Gasteiger charge is 2.28. The van der Waals surface area contributed by atoms with Crippen LogP contribution in [0.15, 0.2) is 39.7 Å². The van der Waals surface area contributed by atoms with Crippen molar-refractivity contribution in [2.75, 3.05) is 29.6 Å². The molecule has 0 aromatic heterocycles. The topological polar surface area (TPSA) is 92.8 Å². The highest BCUT2D eigenvalue weighted by molar-refractivity contribution is 9.10. The van der Waals surface area contributed by atoms with Crippen LogP contribution >= 0.6 is 27.5 Å². The molecule has 0 unspecified atom stereocenters. The molecule has 7 nitrogen and oxygen atoms in total. The summed E-state index contributed by atoms with van der Waals surface area (Å²) in [6.07, 6.45) is 0.758. The molecule has 2 amide bonds. The summed E-state index contributed by atoms with van der Waals surface area (Å²) in [6, 6.07) is 8.02. The van der Waals surface area contributed by atoms with Gasteiger partial charge in [-0.3, -0.25) is 9.59 Å². The fraction of sp³-hybridized carbons (Fsp3) is 0.333. The zero-order valence-electron chi connectivity index (χ0n) is 17.1. The summed E-state index contributed by atoms with van der Waals surface area (Å²) in [5.74, 6) is -0.507. The van der Waals surface area contributed by atoms with Crippen molar-refractivity contribution in [3.05, 3.63) is 45.4 Å². The van der Waals surface area contributed by atoms with Crippen molar-refractivity contribution in [3.8, 4) is 5.75 Å². The standard InChI is InChI=1S/C21H22BrClN2O5S/c1-3-21(27)25-8-6-13-10-15(22)19(12-17(13)25)31(28,29)9-7-20(26)24-16-11-14(23)4-5-18(16)30-2/h4-5,10-12H,3,6-9H2,1-2H3,(H,24,26). The van der Waals surface area contributed by atoms with Crippen LogP contribution in [0.2, 0.25) is 5.02 Å². The van der Waals surface area contributed by atoms with Gasteiger partial charge in [0.2, 0.25) is 11.8 Å². The molecule has 1 aliphatic rings. The second-order valence-corrected chi connectivity index (χ2v) is 10.4. The van der Waals surface area contributed by atoms with E-state index in [1.165, 1.54) is 19.2 Å². The first-order valence-electron chi connectivity index (χ1n) is 9.65. The largest absolute Gasteiger partial charge is 0.495 e. The van der Waals surface area contributed by atoms with Gasteiger partial charge in [0.15, 0.2) is 9.84 Å². The third-order valence-corrected chi connectivity index (χ3v) is 7.90. The van der Waals surface area contributed by atoms with E-state index in [1.807, 2.05) is 0 Å². The molecule has 3 rings (SSSR count). The lowest BCUT2D eigenvalue weighted by Gasteiger charge is -2.18. The first-order chi connectivity index (χ1) is 14.7. The second-order valence-electron chi connectivity index (χ2n) is 7.02. The Balaban J connectivity index is 1.77. The molecular formula is C21H22BrClN2O5S. The molecule has 10 heteroatoms. The van der Waals surface area contributed by atoms with Crippen LogP contribution < -0.4 is 15.0 Å². The van der Waals surface area contributed by atoms with Crippen LogP contribution in [0.25, 0.3) is 0 Å². The van der Waals surface area contributed by atoms with Crippen LogP contribution in [-0.4, -0.2) is 39.6 Å². The van der Waals surface area contributed by atoms with Gasteiger partial charge in [-0.15, -0.1) is 0 Å². The van der Waals surface area contributed by atoms with Crippen molar-refractivity contribution >= 4 is 60.6 Å². The molecule has 1 heterocycles. The zero-order valence-corrected chi connectivity index (χ0v) is 20.2. The Kier molecular flexibility index (Phi) is 7.28. The van der Waals surface area contributed by atoms with Gasteiger partial charge in [-0.05, 0) is 58.2 Å². The number of carbonyl (C=O) groups is 2. The smallest absolute Gasteiger partial charge is 0.226 e. The van der Waals surface area contributed by atoms with Gasteiger partial charge in [0.05, 0.1) is 23.4 Å². The summed E-state index contributed by atoms with van der Waals surface area (Å²) in [5.41, 5.74) is 1.89. The molecule has 2 aromatic carbocycles. The summed E-state index contributed by atoms with van der Waals surface area (Å²) in [6.45, 7) is 2.30. The third-order valence-electron chi connectivity index (χ3n) is 5.00. The number of ether oxygens (including phenoxy) is 1. The molecule has 0 radical (unpaired) electrons. The third kappa shape index (κ3) is 5.22. The molecule has 0 spiro atoms. The van der Waals surface area contributed by atoms with E-state index in [0.717, 1.165) is 5.56 Å². The van der Waals surface area contributed by atoms with Crippen LogP contribution in [0.4, 0.5) is 11.4 Å². The Bertz CT molecular complexity index is 1140. The van der Waals surface area contributed by atoms with Gasteiger partial charge in [-0.25, -0.2) is 8.42 Å². The maximum absolute atomic E-state index is 13.0. The van der Waals surface area contributed by atoms with Crippen molar-refractivity contribution in [2.24, 2.45) is 0 Å². The lowest BCUT2D eigenvalue weighted by molar-refractivity contribution is -0.118. The normalized spacial score (nSPS) is 13.1. The molecule has 0 saturated heterocycles. The van der Waals surface area contributed by atoms with Gasteiger partial charge >= 0.3 is 0 Å². The molecule has 0 aliphatic carbocycles. The predicted molar refractivity (Wildman–Crippen MR) is 124 cm³/mol. The van der Waals surface area contributed by atoms with Crippen molar-refractivity contribution in [1.29, 1.82) is 0 Å². The van der Waals surface area contributed by atoms with E-state index in [0.29, 0.717) is 46.0 Å². The molecule has 166 valence electrons. The SMILES string of the molecule is CCC(=O)N1CCc2cc(Br)c(S(=O)(=O)CCC(=O)Nc3cc(Cl)ccc3OC)cc21. The number of fused-ring (bicyclic) bond motifs is 1. The van der Waals surface area contributed by atoms with Crippen molar-refractivity contribution < 1.29 is 22.7 Å². The predicted octanol–water partition coefficient (Wildman–Crippen LogP) is 4.21. The highest BCUT2D eigenvalue weighted by atomic mass is 79.9. The van der Waals surface area contributed by atoms with E-state index in [-0.39, 0.29) is 23.0 Å². The first kappa shape index (κ1) is 23.6. The number of sulfone groups is 1. The lowest BCUT2D eigenvalue weighted by atomic mass is 10.2. The maximum Gasteiger partial charge on any atom is 0.226 e. The number of anilines is 2. The molecule has 2 aromatic rings. The Hall–Kier alpha value is -2.10. The Morgan fingerprint density at radius 1 is 1.26 bits per heavy atom. The van der Waals surface area contributed by atoms with Gasteiger partial charge in [0, 0.05) is 34.6 Å². The molecule has 1 aliphatic heterocycles. The average molecular weight is 530 g/mol. The van der Waals surface area contributed by atoms with Crippen LogP contribution in [0.3, 0.4) is 0 Å². The van der Waals surface area contributed by atoms with Crippen molar-refractivity contribution in [3.63, 3.8) is 0 Å².